The smallest absolute Gasteiger partial charge is 0.305 e. The standard InChI is InChI=1S/C25H42ClN5O2S/c1-19(2)34-24-22-23(29-25(26)30-24)28-20(3)31(22)18-14-10-6-5-8-12-16-27-17-13-9-7-11-15-21(32)33-4/h19,27H,5-18H2,1-4H3/p+1. The summed E-state index contributed by atoms with van der Waals surface area (Å²) in [6.45, 7) is 9.73. The number of unbranched alkanes of at least 4 members (excludes halogenated alkanes) is 8. The van der Waals surface area contributed by atoms with Gasteiger partial charge in [0.1, 0.15) is 16.4 Å². The molecule has 2 aromatic rings. The van der Waals surface area contributed by atoms with E-state index in [0.29, 0.717) is 17.3 Å². The molecule has 34 heavy (non-hydrogen) atoms. The van der Waals surface area contributed by atoms with E-state index in [1.165, 1.54) is 65.1 Å². The Kier molecular flexibility index (Phi) is 13.9. The van der Waals surface area contributed by atoms with E-state index >= 15 is 0 Å². The highest BCUT2D eigenvalue weighted by Gasteiger charge is 2.17. The number of nitrogens with zero attached hydrogens (tertiary/aromatic N) is 4. The maximum absolute atomic E-state index is 11.1. The molecule has 0 saturated heterocycles. The molecule has 0 spiro atoms. The summed E-state index contributed by atoms with van der Waals surface area (Å²) in [7, 11) is 1.45. The largest absolute Gasteiger partial charge is 0.469 e. The number of aryl methyl sites for hydroxylation is 2. The summed E-state index contributed by atoms with van der Waals surface area (Å²) in [5.41, 5.74) is 1.73. The monoisotopic (exact) mass is 512 g/mol. The Labute approximate surface area is 214 Å². The molecular formula is C25H43ClN5O2S+. The Balaban J connectivity index is 1.55. The summed E-state index contributed by atoms with van der Waals surface area (Å²) < 4.78 is 6.93. The van der Waals surface area contributed by atoms with Crippen molar-refractivity contribution in [2.45, 2.75) is 108 Å². The van der Waals surface area contributed by atoms with E-state index in [4.69, 9.17) is 11.6 Å². The first-order valence-corrected chi connectivity index (χ1v) is 14.1. The predicted molar refractivity (Wildman–Crippen MR) is 141 cm³/mol. The Morgan fingerprint density at radius 3 is 2.24 bits per heavy atom. The van der Waals surface area contributed by atoms with Crippen LogP contribution in [0.25, 0.3) is 11.2 Å². The van der Waals surface area contributed by atoms with Gasteiger partial charge in [-0.2, -0.15) is 4.98 Å². The van der Waals surface area contributed by atoms with Crippen molar-refractivity contribution in [1.82, 2.24) is 19.5 Å². The fraction of sp³-hybridized carbons (Fsp3) is 0.760. The summed E-state index contributed by atoms with van der Waals surface area (Å²) in [5.74, 6) is 0.892. The van der Waals surface area contributed by atoms with Crippen LogP contribution in [0.15, 0.2) is 5.03 Å². The highest BCUT2D eigenvalue weighted by molar-refractivity contribution is 8.00. The molecule has 0 aromatic carbocycles. The van der Waals surface area contributed by atoms with Crippen molar-refractivity contribution in [2.24, 2.45) is 0 Å². The number of rotatable bonds is 18. The average molecular weight is 513 g/mol. The molecule has 0 aliphatic carbocycles. The van der Waals surface area contributed by atoms with E-state index in [-0.39, 0.29) is 11.3 Å². The number of fused-ring (bicyclic) bond motifs is 1. The number of carbonyl (C=O) groups is 1. The van der Waals surface area contributed by atoms with Crippen molar-refractivity contribution in [2.75, 3.05) is 20.2 Å². The molecule has 0 atom stereocenters. The Morgan fingerprint density at radius 1 is 0.971 bits per heavy atom. The number of carbonyl (C=O) groups excluding carboxylic acids is 1. The molecule has 7 nitrogen and oxygen atoms in total. The Morgan fingerprint density at radius 2 is 1.59 bits per heavy atom. The van der Waals surface area contributed by atoms with Crippen LogP contribution in [0.1, 0.15) is 90.3 Å². The number of nitrogens with two attached hydrogens (primary N) is 1. The van der Waals surface area contributed by atoms with Gasteiger partial charge in [-0.25, -0.2) is 9.97 Å². The number of methoxy groups -OCH3 is 1. The molecular weight excluding hydrogens is 470 g/mol. The van der Waals surface area contributed by atoms with Crippen LogP contribution in [0.5, 0.6) is 0 Å². The molecule has 2 N–H and O–H groups in total. The maximum Gasteiger partial charge on any atom is 0.305 e. The lowest BCUT2D eigenvalue weighted by Gasteiger charge is -2.11. The van der Waals surface area contributed by atoms with E-state index in [1.54, 1.807) is 11.8 Å². The summed E-state index contributed by atoms with van der Waals surface area (Å²) >= 11 is 7.84. The molecule has 0 aliphatic heterocycles. The lowest BCUT2D eigenvalue weighted by atomic mass is 10.1. The van der Waals surface area contributed by atoms with E-state index in [1.807, 2.05) is 6.92 Å². The molecule has 0 unspecified atom stereocenters. The van der Waals surface area contributed by atoms with E-state index in [0.717, 1.165) is 42.2 Å². The van der Waals surface area contributed by atoms with Crippen LogP contribution in [-0.2, 0) is 16.1 Å². The van der Waals surface area contributed by atoms with Gasteiger partial charge in [0.25, 0.3) is 0 Å². The number of quaternary nitrogens is 1. The van der Waals surface area contributed by atoms with Crippen LogP contribution >= 0.6 is 23.4 Å². The number of imidazole rings is 1. The first-order chi connectivity index (χ1) is 16.4. The first-order valence-electron chi connectivity index (χ1n) is 12.9. The summed E-state index contributed by atoms with van der Waals surface area (Å²) in [5, 5.41) is 4.07. The second-order valence-electron chi connectivity index (χ2n) is 9.17. The molecule has 0 fully saturated rings. The van der Waals surface area contributed by atoms with Crippen LogP contribution in [0.4, 0.5) is 0 Å². The van der Waals surface area contributed by atoms with Crippen LogP contribution in [0.2, 0.25) is 5.28 Å². The van der Waals surface area contributed by atoms with Gasteiger partial charge in [0, 0.05) is 18.2 Å². The van der Waals surface area contributed by atoms with E-state index in [9.17, 15) is 4.79 Å². The van der Waals surface area contributed by atoms with Crippen LogP contribution in [-0.4, -0.2) is 50.9 Å². The normalized spacial score (nSPS) is 11.6. The zero-order valence-corrected chi connectivity index (χ0v) is 23.0. The van der Waals surface area contributed by atoms with E-state index in [2.05, 4.69) is 43.4 Å². The van der Waals surface area contributed by atoms with Gasteiger partial charge in [-0.3, -0.25) is 4.79 Å². The first kappa shape index (κ1) is 28.9. The zero-order chi connectivity index (χ0) is 24.8. The van der Waals surface area contributed by atoms with Crippen molar-refractivity contribution in [1.29, 1.82) is 0 Å². The second kappa shape index (κ2) is 16.3. The molecule has 0 saturated carbocycles. The zero-order valence-electron chi connectivity index (χ0n) is 21.4. The lowest BCUT2D eigenvalue weighted by Crippen LogP contribution is -2.84. The lowest BCUT2D eigenvalue weighted by molar-refractivity contribution is -0.655. The average Bonchev–Trinajstić information content (AvgIpc) is 3.10. The minimum Gasteiger partial charge on any atom is -0.469 e. The highest BCUT2D eigenvalue weighted by Crippen LogP contribution is 2.30. The minimum absolute atomic E-state index is 0.0910. The van der Waals surface area contributed by atoms with Gasteiger partial charge in [-0.15, -0.1) is 11.8 Å². The number of hydrogen-bond donors (Lipinski definition) is 1. The summed E-state index contributed by atoms with van der Waals surface area (Å²) in [4.78, 5) is 24.5. The molecule has 9 heteroatoms. The second-order valence-corrected chi connectivity index (χ2v) is 11.1. The fourth-order valence-electron chi connectivity index (χ4n) is 4.09. The molecule has 0 radical (unpaired) electrons. The SMILES string of the molecule is COC(=O)CCCCCC[NH2+]CCCCCCCCn1c(C)nc2nc(Cl)nc(SC(C)C)c21. The Hall–Kier alpha value is -1.38. The Bertz CT molecular complexity index is 875. The number of esters is 1. The van der Waals surface area contributed by atoms with Crippen molar-refractivity contribution < 1.29 is 14.8 Å². The fourth-order valence-corrected chi connectivity index (χ4v) is 5.20. The molecule has 2 rings (SSSR count). The van der Waals surface area contributed by atoms with Gasteiger partial charge >= 0.3 is 5.97 Å². The van der Waals surface area contributed by atoms with Gasteiger partial charge in [-0.05, 0) is 57.0 Å². The van der Waals surface area contributed by atoms with Crippen molar-refractivity contribution in [3.8, 4) is 0 Å². The summed E-state index contributed by atoms with van der Waals surface area (Å²) in [6.07, 6.45) is 12.6. The third-order valence-corrected chi connectivity index (χ3v) is 7.04. The van der Waals surface area contributed by atoms with Gasteiger partial charge < -0.3 is 14.6 Å². The van der Waals surface area contributed by atoms with Crippen LogP contribution < -0.4 is 5.32 Å². The molecule has 192 valence electrons. The number of thioether (sulfide) groups is 1. The number of hydrogen-bond acceptors (Lipinski definition) is 6. The third-order valence-electron chi connectivity index (χ3n) is 5.89. The number of ether oxygens (including phenoxy) is 1. The van der Waals surface area contributed by atoms with Gasteiger partial charge in [0.2, 0.25) is 5.28 Å². The molecule has 0 aliphatic rings. The quantitative estimate of drug-likeness (QED) is 0.0956. The van der Waals surface area contributed by atoms with Gasteiger partial charge in [-0.1, -0.05) is 39.5 Å². The van der Waals surface area contributed by atoms with E-state index < -0.39 is 0 Å². The summed E-state index contributed by atoms with van der Waals surface area (Å²) in [6, 6.07) is 0. The molecule has 2 heterocycles. The minimum atomic E-state index is -0.0910. The van der Waals surface area contributed by atoms with Gasteiger partial charge in [0.15, 0.2) is 5.65 Å². The van der Waals surface area contributed by atoms with Crippen molar-refractivity contribution in [3.63, 3.8) is 0 Å². The van der Waals surface area contributed by atoms with Crippen LogP contribution in [0, 0.1) is 6.92 Å². The van der Waals surface area contributed by atoms with Crippen molar-refractivity contribution in [3.05, 3.63) is 11.1 Å². The third kappa shape index (κ3) is 10.5. The predicted octanol–water partition coefficient (Wildman–Crippen LogP) is 5.32. The van der Waals surface area contributed by atoms with Gasteiger partial charge in [0.05, 0.1) is 20.2 Å². The molecule has 0 bridgehead atoms. The van der Waals surface area contributed by atoms with Crippen LogP contribution in [0.3, 0.4) is 0 Å². The van der Waals surface area contributed by atoms with Crippen molar-refractivity contribution >= 4 is 40.5 Å². The maximum atomic E-state index is 11.1. The highest BCUT2D eigenvalue weighted by atomic mass is 35.5. The number of aromatic nitrogens is 4. The topological polar surface area (TPSA) is 86.5 Å². The number of halogens is 1. The molecule has 0 amide bonds. The molecule has 2 aromatic heterocycles.